The van der Waals surface area contributed by atoms with Gasteiger partial charge in [-0.2, -0.15) is 5.10 Å². The first-order valence-electron chi connectivity index (χ1n) is 8.56. The van der Waals surface area contributed by atoms with E-state index in [-0.39, 0.29) is 5.91 Å². The standard InChI is InChI=1S/C18H22N4OS/c1-20-10-11-22-17(20)16(13-19-22)18(23)21-9-3-2-5-14(21)7-8-15-6-4-12-24-15/h4,6,10-14H,2-3,5,7-9H2,1H3. The maximum Gasteiger partial charge on any atom is 0.259 e. The summed E-state index contributed by atoms with van der Waals surface area (Å²) in [6.07, 6.45) is 11.0. The average Bonchev–Trinajstić information content (AvgIpc) is 3.32. The van der Waals surface area contributed by atoms with E-state index >= 15 is 0 Å². The molecule has 1 aliphatic rings. The molecule has 6 heteroatoms. The van der Waals surface area contributed by atoms with Crippen LogP contribution in [0, 0.1) is 0 Å². The van der Waals surface area contributed by atoms with Crippen molar-refractivity contribution in [3.63, 3.8) is 0 Å². The van der Waals surface area contributed by atoms with Gasteiger partial charge in [0.1, 0.15) is 11.2 Å². The van der Waals surface area contributed by atoms with Gasteiger partial charge in [-0.15, -0.1) is 11.3 Å². The Kier molecular flexibility index (Phi) is 4.14. The molecule has 1 unspecified atom stereocenters. The lowest BCUT2D eigenvalue weighted by atomic mass is 9.97. The lowest BCUT2D eigenvalue weighted by Gasteiger charge is -2.35. The second-order valence-electron chi connectivity index (χ2n) is 6.50. The second-order valence-corrected chi connectivity index (χ2v) is 7.53. The van der Waals surface area contributed by atoms with E-state index in [4.69, 9.17) is 0 Å². The fourth-order valence-electron chi connectivity index (χ4n) is 3.69. The molecule has 1 amide bonds. The van der Waals surface area contributed by atoms with E-state index in [0.717, 1.165) is 37.9 Å². The van der Waals surface area contributed by atoms with Gasteiger partial charge < -0.3 is 9.47 Å². The number of imidazole rings is 1. The third kappa shape index (κ3) is 2.75. The van der Waals surface area contributed by atoms with E-state index in [1.165, 1.54) is 11.3 Å². The van der Waals surface area contributed by atoms with Gasteiger partial charge in [-0.25, -0.2) is 4.52 Å². The van der Waals surface area contributed by atoms with Crippen LogP contribution in [0.15, 0.2) is 36.1 Å². The summed E-state index contributed by atoms with van der Waals surface area (Å²) in [5.74, 6) is 0.127. The normalized spacial score (nSPS) is 18.4. The Morgan fingerprint density at radius 1 is 1.38 bits per heavy atom. The molecular weight excluding hydrogens is 320 g/mol. The highest BCUT2D eigenvalue weighted by Crippen LogP contribution is 2.25. The molecule has 126 valence electrons. The second kappa shape index (κ2) is 6.43. The van der Waals surface area contributed by atoms with Crippen molar-refractivity contribution in [2.75, 3.05) is 6.54 Å². The van der Waals surface area contributed by atoms with E-state index < -0.39 is 0 Å². The Morgan fingerprint density at radius 3 is 3.12 bits per heavy atom. The lowest BCUT2D eigenvalue weighted by Crippen LogP contribution is -2.44. The molecule has 0 radical (unpaired) electrons. The van der Waals surface area contributed by atoms with Gasteiger partial charge in [0.25, 0.3) is 5.91 Å². The van der Waals surface area contributed by atoms with Gasteiger partial charge in [0.15, 0.2) is 0 Å². The summed E-state index contributed by atoms with van der Waals surface area (Å²) in [5, 5.41) is 6.44. The van der Waals surface area contributed by atoms with Gasteiger partial charge >= 0.3 is 0 Å². The summed E-state index contributed by atoms with van der Waals surface area (Å²) in [4.78, 5) is 16.6. The fraction of sp³-hybridized carbons (Fsp3) is 0.444. The van der Waals surface area contributed by atoms with Crippen molar-refractivity contribution in [1.29, 1.82) is 0 Å². The largest absolute Gasteiger partial charge is 0.335 e. The van der Waals surface area contributed by atoms with Crippen molar-refractivity contribution in [3.05, 3.63) is 46.5 Å². The first-order chi connectivity index (χ1) is 11.7. The van der Waals surface area contributed by atoms with Gasteiger partial charge in [-0.3, -0.25) is 4.79 Å². The lowest BCUT2D eigenvalue weighted by molar-refractivity contribution is 0.0604. The number of thiophene rings is 1. The minimum Gasteiger partial charge on any atom is -0.335 e. The van der Waals surface area contributed by atoms with Gasteiger partial charge in [-0.1, -0.05) is 6.07 Å². The van der Waals surface area contributed by atoms with Crippen LogP contribution >= 0.6 is 11.3 Å². The number of nitrogens with zero attached hydrogens (tertiary/aromatic N) is 4. The number of piperidine rings is 1. The molecule has 0 N–H and O–H groups in total. The molecule has 0 saturated carbocycles. The average molecular weight is 342 g/mol. The van der Waals surface area contributed by atoms with Crippen molar-refractivity contribution in [2.45, 2.75) is 38.1 Å². The first kappa shape index (κ1) is 15.4. The molecule has 1 fully saturated rings. The molecule has 0 aromatic carbocycles. The first-order valence-corrected chi connectivity index (χ1v) is 9.44. The summed E-state index contributed by atoms with van der Waals surface area (Å²) >= 11 is 1.80. The molecule has 5 nitrogen and oxygen atoms in total. The predicted octanol–water partition coefficient (Wildman–Crippen LogP) is 3.36. The van der Waals surface area contributed by atoms with Crippen LogP contribution in [0.5, 0.6) is 0 Å². The van der Waals surface area contributed by atoms with Crippen molar-refractivity contribution in [1.82, 2.24) is 19.1 Å². The highest BCUT2D eigenvalue weighted by atomic mass is 32.1. The molecule has 1 atom stereocenters. The van der Waals surface area contributed by atoms with Crippen LogP contribution in [0.4, 0.5) is 0 Å². The van der Waals surface area contributed by atoms with Crippen LogP contribution in [0.2, 0.25) is 0 Å². The Labute approximate surface area is 145 Å². The molecule has 4 heterocycles. The van der Waals surface area contributed by atoms with Crippen LogP contribution in [-0.4, -0.2) is 37.6 Å². The van der Waals surface area contributed by atoms with Crippen molar-refractivity contribution in [2.24, 2.45) is 7.05 Å². The summed E-state index contributed by atoms with van der Waals surface area (Å²) in [5.41, 5.74) is 1.59. The zero-order chi connectivity index (χ0) is 16.5. The number of amides is 1. The van der Waals surface area contributed by atoms with Gasteiger partial charge in [0.05, 0.1) is 6.20 Å². The van der Waals surface area contributed by atoms with Crippen molar-refractivity contribution in [3.8, 4) is 0 Å². The number of aromatic nitrogens is 3. The monoisotopic (exact) mass is 342 g/mol. The van der Waals surface area contributed by atoms with E-state index in [2.05, 4.69) is 27.5 Å². The smallest absolute Gasteiger partial charge is 0.259 e. The number of carbonyl (C=O) groups excluding carboxylic acids is 1. The van der Waals surface area contributed by atoms with Crippen LogP contribution in [0.3, 0.4) is 0 Å². The van der Waals surface area contributed by atoms with Crippen LogP contribution in [-0.2, 0) is 13.5 Å². The molecule has 24 heavy (non-hydrogen) atoms. The molecule has 4 rings (SSSR count). The minimum atomic E-state index is 0.127. The quantitative estimate of drug-likeness (QED) is 0.729. The number of hydrogen-bond acceptors (Lipinski definition) is 3. The Bertz CT molecular complexity index is 833. The van der Waals surface area contributed by atoms with Crippen molar-refractivity contribution < 1.29 is 4.79 Å². The third-order valence-corrected chi connectivity index (χ3v) is 5.89. The predicted molar refractivity (Wildman–Crippen MR) is 95.5 cm³/mol. The van der Waals surface area contributed by atoms with Gasteiger partial charge in [0.2, 0.25) is 0 Å². The number of fused-ring (bicyclic) bond motifs is 1. The number of hydrogen-bond donors (Lipinski definition) is 0. The van der Waals surface area contributed by atoms with Crippen LogP contribution in [0.1, 0.15) is 40.9 Å². The Hall–Kier alpha value is -2.08. The molecule has 1 aliphatic heterocycles. The summed E-state index contributed by atoms with van der Waals surface area (Å²) in [7, 11) is 1.96. The third-order valence-electron chi connectivity index (χ3n) is 4.96. The van der Waals surface area contributed by atoms with Gasteiger partial charge in [-0.05, 0) is 43.6 Å². The number of aryl methyl sites for hydroxylation is 2. The van der Waals surface area contributed by atoms with E-state index in [1.54, 1.807) is 22.0 Å². The summed E-state index contributed by atoms with van der Waals surface area (Å²) in [6.45, 7) is 0.857. The van der Waals surface area contributed by atoms with Crippen LogP contribution < -0.4 is 0 Å². The Morgan fingerprint density at radius 2 is 2.29 bits per heavy atom. The van der Waals surface area contributed by atoms with E-state index in [0.29, 0.717) is 11.6 Å². The van der Waals surface area contributed by atoms with E-state index in [9.17, 15) is 4.79 Å². The number of likely N-dealkylation sites (tertiary alicyclic amines) is 1. The molecule has 0 aliphatic carbocycles. The maximum atomic E-state index is 13.2. The molecule has 3 aromatic heterocycles. The zero-order valence-electron chi connectivity index (χ0n) is 13.9. The van der Waals surface area contributed by atoms with E-state index in [1.807, 2.05) is 24.0 Å². The molecular formula is C18H22N4OS. The molecule has 0 bridgehead atoms. The highest BCUT2D eigenvalue weighted by molar-refractivity contribution is 7.09. The maximum absolute atomic E-state index is 13.2. The Balaban J connectivity index is 1.55. The summed E-state index contributed by atoms with van der Waals surface area (Å²) < 4.78 is 3.74. The zero-order valence-corrected chi connectivity index (χ0v) is 14.7. The molecule has 0 spiro atoms. The highest BCUT2D eigenvalue weighted by Gasteiger charge is 2.29. The molecule has 1 saturated heterocycles. The van der Waals surface area contributed by atoms with Crippen LogP contribution in [0.25, 0.3) is 5.65 Å². The minimum absolute atomic E-state index is 0.127. The fourth-order valence-corrected chi connectivity index (χ4v) is 4.41. The molecule has 3 aromatic rings. The topological polar surface area (TPSA) is 42.5 Å². The number of rotatable bonds is 4. The van der Waals surface area contributed by atoms with Crippen molar-refractivity contribution >= 4 is 22.9 Å². The SMILES string of the molecule is Cn1ccn2ncc(C(=O)N3CCCCC3CCc3cccs3)c12. The van der Waals surface area contributed by atoms with Gasteiger partial charge in [0, 0.05) is 36.9 Å². The summed E-state index contributed by atoms with van der Waals surface area (Å²) in [6, 6.07) is 4.62. The number of carbonyl (C=O) groups is 1.